The molecule has 4 saturated carbocycles. The number of rotatable bonds is 3. The first-order chi connectivity index (χ1) is 9.60. The van der Waals surface area contributed by atoms with Crippen LogP contribution in [0.1, 0.15) is 38.5 Å². The molecule has 4 aliphatic rings. The van der Waals surface area contributed by atoms with Crippen molar-refractivity contribution in [1.29, 1.82) is 0 Å². The highest BCUT2D eigenvalue weighted by Crippen LogP contribution is 2.61. The molecule has 1 aromatic heterocycles. The van der Waals surface area contributed by atoms with Crippen molar-refractivity contribution in [2.45, 2.75) is 43.7 Å². The van der Waals surface area contributed by atoms with Crippen molar-refractivity contribution in [1.82, 2.24) is 9.97 Å². The van der Waals surface area contributed by atoms with E-state index in [2.05, 4.69) is 9.97 Å². The SMILES string of the molecule is Nc1cc(=O)[nH]c(SCC23CC4CC(CC(C4)C2)C3)n1. The third kappa shape index (κ3) is 2.26. The number of anilines is 1. The number of nitrogens with zero attached hydrogens (tertiary/aromatic N) is 1. The Bertz CT molecular complexity index is 547. The van der Waals surface area contributed by atoms with Crippen LogP contribution in [-0.4, -0.2) is 15.7 Å². The van der Waals surface area contributed by atoms with Crippen molar-refractivity contribution in [2.75, 3.05) is 11.5 Å². The Kier molecular flexibility index (Phi) is 2.88. The van der Waals surface area contributed by atoms with Gasteiger partial charge in [-0.25, -0.2) is 4.98 Å². The van der Waals surface area contributed by atoms with Gasteiger partial charge >= 0.3 is 0 Å². The standard InChI is InChI=1S/C15H21N3OS/c16-12-4-13(19)18-14(17-12)20-8-15-5-9-1-10(6-15)3-11(2-9)7-15/h4,9-11H,1-3,5-8H2,(H3,16,17,18,19). The molecule has 0 aromatic carbocycles. The summed E-state index contributed by atoms with van der Waals surface area (Å²) in [5, 5.41) is 0.686. The molecule has 4 fully saturated rings. The maximum atomic E-state index is 11.4. The molecular formula is C15H21N3OS. The lowest BCUT2D eigenvalue weighted by Crippen LogP contribution is -2.47. The van der Waals surface area contributed by atoms with E-state index < -0.39 is 0 Å². The van der Waals surface area contributed by atoms with E-state index in [9.17, 15) is 4.79 Å². The molecule has 0 unspecified atom stereocenters. The maximum Gasteiger partial charge on any atom is 0.253 e. The van der Waals surface area contributed by atoms with Gasteiger partial charge in [-0.1, -0.05) is 11.8 Å². The summed E-state index contributed by atoms with van der Waals surface area (Å²) >= 11 is 1.69. The van der Waals surface area contributed by atoms with Crippen molar-refractivity contribution in [3.63, 3.8) is 0 Å². The summed E-state index contributed by atoms with van der Waals surface area (Å²) in [6.07, 6.45) is 8.57. The zero-order chi connectivity index (χ0) is 13.7. The minimum atomic E-state index is -0.148. The van der Waals surface area contributed by atoms with Crippen LogP contribution in [0.2, 0.25) is 0 Å². The summed E-state index contributed by atoms with van der Waals surface area (Å²) < 4.78 is 0. The molecule has 4 bridgehead atoms. The number of hydrogen-bond donors (Lipinski definition) is 2. The molecule has 3 N–H and O–H groups in total. The van der Waals surface area contributed by atoms with E-state index in [0.29, 0.717) is 16.4 Å². The molecule has 0 saturated heterocycles. The van der Waals surface area contributed by atoms with E-state index in [1.54, 1.807) is 11.8 Å². The topological polar surface area (TPSA) is 71.8 Å². The number of nitrogen functional groups attached to an aromatic ring is 1. The van der Waals surface area contributed by atoms with Crippen LogP contribution in [0.3, 0.4) is 0 Å². The molecule has 4 aliphatic carbocycles. The quantitative estimate of drug-likeness (QED) is 0.663. The van der Waals surface area contributed by atoms with Crippen molar-refractivity contribution < 1.29 is 0 Å². The van der Waals surface area contributed by atoms with Gasteiger partial charge in [0.2, 0.25) is 0 Å². The van der Waals surface area contributed by atoms with E-state index in [4.69, 9.17) is 5.73 Å². The number of hydrogen-bond acceptors (Lipinski definition) is 4. The Hall–Kier alpha value is -0.970. The van der Waals surface area contributed by atoms with Crippen molar-refractivity contribution >= 4 is 17.6 Å². The predicted molar refractivity (Wildman–Crippen MR) is 80.6 cm³/mol. The predicted octanol–water partition coefficient (Wildman–Crippen LogP) is 2.66. The Balaban J connectivity index is 1.50. The molecule has 5 rings (SSSR count). The largest absolute Gasteiger partial charge is 0.383 e. The summed E-state index contributed by atoms with van der Waals surface area (Å²) in [6.45, 7) is 0. The minimum Gasteiger partial charge on any atom is -0.383 e. The van der Waals surface area contributed by atoms with Crippen LogP contribution >= 0.6 is 11.8 Å². The van der Waals surface area contributed by atoms with Crippen molar-refractivity contribution in [3.05, 3.63) is 16.4 Å². The highest BCUT2D eigenvalue weighted by atomic mass is 32.2. The third-order valence-corrected chi connectivity index (χ3v) is 6.64. The molecule has 0 amide bonds. The van der Waals surface area contributed by atoms with Gasteiger partial charge in [-0.15, -0.1) is 0 Å². The molecule has 1 aromatic rings. The van der Waals surface area contributed by atoms with Crippen molar-refractivity contribution in [3.8, 4) is 0 Å². The molecule has 108 valence electrons. The number of aromatic amines is 1. The van der Waals surface area contributed by atoms with Crippen LogP contribution in [0.15, 0.2) is 16.0 Å². The van der Waals surface area contributed by atoms with Gasteiger partial charge in [0.15, 0.2) is 5.16 Å². The lowest BCUT2D eigenvalue weighted by molar-refractivity contribution is -0.0381. The molecule has 5 heteroatoms. The van der Waals surface area contributed by atoms with Crippen molar-refractivity contribution in [2.24, 2.45) is 23.2 Å². The molecule has 0 spiro atoms. The van der Waals surface area contributed by atoms with E-state index in [1.165, 1.54) is 44.6 Å². The van der Waals surface area contributed by atoms with Gasteiger partial charge in [0.1, 0.15) is 5.82 Å². The molecule has 0 atom stereocenters. The summed E-state index contributed by atoms with van der Waals surface area (Å²) in [6, 6.07) is 1.34. The normalized spacial score (nSPS) is 38.3. The molecule has 0 radical (unpaired) electrons. The van der Waals surface area contributed by atoms with Gasteiger partial charge < -0.3 is 10.7 Å². The van der Waals surface area contributed by atoms with Crippen LogP contribution in [-0.2, 0) is 0 Å². The smallest absolute Gasteiger partial charge is 0.253 e. The first kappa shape index (κ1) is 12.7. The monoisotopic (exact) mass is 291 g/mol. The summed E-state index contributed by atoms with van der Waals surface area (Å²) in [4.78, 5) is 18.5. The lowest BCUT2D eigenvalue weighted by Gasteiger charge is -2.56. The zero-order valence-corrected chi connectivity index (χ0v) is 12.4. The molecule has 0 aliphatic heterocycles. The second kappa shape index (κ2) is 4.52. The fourth-order valence-electron chi connectivity index (χ4n) is 5.21. The highest BCUT2D eigenvalue weighted by molar-refractivity contribution is 7.99. The second-order valence-corrected chi connectivity index (χ2v) is 8.15. The van der Waals surface area contributed by atoms with Crippen LogP contribution in [0.5, 0.6) is 0 Å². The molecule has 4 nitrogen and oxygen atoms in total. The summed E-state index contributed by atoms with van der Waals surface area (Å²) in [7, 11) is 0. The van der Waals surface area contributed by atoms with Gasteiger partial charge in [-0.05, 0) is 61.7 Å². The number of aromatic nitrogens is 2. The second-order valence-electron chi connectivity index (χ2n) is 7.18. The third-order valence-electron chi connectivity index (χ3n) is 5.42. The average Bonchev–Trinajstić information content (AvgIpc) is 2.34. The fourth-order valence-corrected chi connectivity index (χ4v) is 6.35. The van der Waals surface area contributed by atoms with E-state index in [1.807, 2.05) is 0 Å². The first-order valence-corrected chi connectivity index (χ1v) is 8.58. The van der Waals surface area contributed by atoms with Crippen LogP contribution in [0.25, 0.3) is 0 Å². The van der Waals surface area contributed by atoms with Gasteiger partial charge in [-0.2, -0.15) is 0 Å². The number of nitrogens with one attached hydrogen (secondary N) is 1. The molecule has 20 heavy (non-hydrogen) atoms. The number of thioether (sulfide) groups is 1. The zero-order valence-electron chi connectivity index (χ0n) is 11.6. The highest BCUT2D eigenvalue weighted by Gasteiger charge is 2.50. The van der Waals surface area contributed by atoms with E-state index >= 15 is 0 Å². The lowest BCUT2D eigenvalue weighted by atomic mass is 9.50. The summed E-state index contributed by atoms with van der Waals surface area (Å²) in [5.74, 6) is 4.31. The Morgan fingerprint density at radius 2 is 1.85 bits per heavy atom. The number of nitrogens with two attached hydrogens (primary N) is 1. The number of H-pyrrole nitrogens is 1. The minimum absolute atomic E-state index is 0.148. The van der Waals surface area contributed by atoms with Crippen LogP contribution < -0.4 is 11.3 Å². The first-order valence-electron chi connectivity index (χ1n) is 7.60. The van der Waals surface area contributed by atoms with E-state index in [0.717, 1.165) is 23.5 Å². The van der Waals surface area contributed by atoms with Gasteiger partial charge in [0.25, 0.3) is 5.56 Å². The Labute approximate surface area is 122 Å². The van der Waals surface area contributed by atoms with Gasteiger partial charge in [-0.3, -0.25) is 4.79 Å². The fraction of sp³-hybridized carbons (Fsp3) is 0.733. The van der Waals surface area contributed by atoms with E-state index in [-0.39, 0.29) is 5.56 Å². The Morgan fingerprint density at radius 1 is 1.25 bits per heavy atom. The summed E-state index contributed by atoms with van der Waals surface area (Å²) in [5.41, 5.74) is 6.01. The molecule has 1 heterocycles. The van der Waals surface area contributed by atoms with Crippen LogP contribution in [0.4, 0.5) is 5.82 Å². The maximum absolute atomic E-state index is 11.4. The molecular weight excluding hydrogens is 270 g/mol. The Morgan fingerprint density at radius 3 is 2.40 bits per heavy atom. The van der Waals surface area contributed by atoms with Crippen LogP contribution in [0, 0.1) is 23.2 Å². The van der Waals surface area contributed by atoms with Gasteiger partial charge in [0, 0.05) is 11.8 Å². The van der Waals surface area contributed by atoms with Gasteiger partial charge in [0.05, 0.1) is 0 Å². The average molecular weight is 291 g/mol.